The highest BCUT2D eigenvalue weighted by Gasteiger charge is 2.29. The minimum atomic E-state index is -0.751. The molecule has 1 fully saturated rings. The number of piperidine rings is 1. The van der Waals surface area contributed by atoms with Gasteiger partial charge in [-0.15, -0.1) is 0 Å². The second-order valence-corrected chi connectivity index (χ2v) is 5.82. The molecule has 0 aliphatic carbocycles. The third-order valence-corrected chi connectivity index (χ3v) is 4.44. The van der Waals surface area contributed by atoms with Gasteiger partial charge in [0.25, 0.3) is 0 Å². The number of rotatable bonds is 5. The average molecular weight is 276 g/mol. The molecule has 0 spiro atoms. The summed E-state index contributed by atoms with van der Waals surface area (Å²) in [5.41, 5.74) is 6.69. The standard InChI is InChI=1S/C16H24N2O2/c1-12-7-8-18(10-14(12)9-17)11-15(16(19)20)13-5-3-2-4-6-13/h2-6,12,14-15H,7-11,17H2,1H3,(H,19,20). The Labute approximate surface area is 120 Å². The number of nitrogens with two attached hydrogens (primary N) is 1. The van der Waals surface area contributed by atoms with Crippen molar-refractivity contribution in [1.82, 2.24) is 4.90 Å². The molecule has 110 valence electrons. The van der Waals surface area contributed by atoms with Crippen LogP contribution in [0.5, 0.6) is 0 Å². The smallest absolute Gasteiger partial charge is 0.312 e. The van der Waals surface area contributed by atoms with Crippen molar-refractivity contribution in [3.63, 3.8) is 0 Å². The lowest BCUT2D eigenvalue weighted by Crippen LogP contribution is -2.44. The number of nitrogens with zero attached hydrogens (tertiary/aromatic N) is 1. The SMILES string of the molecule is CC1CCN(CC(C(=O)O)c2ccccc2)CC1CN. The van der Waals surface area contributed by atoms with E-state index < -0.39 is 11.9 Å². The molecule has 0 radical (unpaired) electrons. The molecule has 1 saturated heterocycles. The van der Waals surface area contributed by atoms with Crippen molar-refractivity contribution >= 4 is 5.97 Å². The first kappa shape index (κ1) is 15.0. The highest BCUT2D eigenvalue weighted by molar-refractivity contribution is 5.76. The van der Waals surface area contributed by atoms with Gasteiger partial charge in [0.05, 0.1) is 5.92 Å². The van der Waals surface area contributed by atoms with E-state index in [1.807, 2.05) is 30.3 Å². The predicted molar refractivity (Wildman–Crippen MR) is 79.6 cm³/mol. The minimum absolute atomic E-state index is 0.456. The van der Waals surface area contributed by atoms with Gasteiger partial charge in [0.1, 0.15) is 0 Å². The van der Waals surface area contributed by atoms with E-state index in [9.17, 15) is 9.90 Å². The van der Waals surface area contributed by atoms with Gasteiger partial charge in [-0.3, -0.25) is 4.79 Å². The quantitative estimate of drug-likeness (QED) is 0.860. The van der Waals surface area contributed by atoms with Crippen LogP contribution in [-0.4, -0.2) is 42.2 Å². The molecule has 3 atom stereocenters. The number of carbonyl (C=O) groups is 1. The molecule has 0 bridgehead atoms. The maximum Gasteiger partial charge on any atom is 0.312 e. The zero-order chi connectivity index (χ0) is 14.5. The zero-order valence-electron chi connectivity index (χ0n) is 12.0. The fraction of sp³-hybridized carbons (Fsp3) is 0.562. The van der Waals surface area contributed by atoms with Crippen molar-refractivity contribution in [3.8, 4) is 0 Å². The second-order valence-electron chi connectivity index (χ2n) is 5.82. The Hall–Kier alpha value is -1.39. The lowest BCUT2D eigenvalue weighted by Gasteiger charge is -2.37. The van der Waals surface area contributed by atoms with Crippen LogP contribution in [0, 0.1) is 11.8 Å². The Morgan fingerprint density at radius 1 is 1.45 bits per heavy atom. The van der Waals surface area contributed by atoms with Crippen molar-refractivity contribution in [2.75, 3.05) is 26.2 Å². The molecule has 4 nitrogen and oxygen atoms in total. The van der Waals surface area contributed by atoms with Crippen LogP contribution in [0.2, 0.25) is 0 Å². The molecule has 20 heavy (non-hydrogen) atoms. The highest BCUT2D eigenvalue weighted by atomic mass is 16.4. The molecule has 1 aromatic rings. The molecule has 0 amide bonds. The Morgan fingerprint density at radius 3 is 2.75 bits per heavy atom. The monoisotopic (exact) mass is 276 g/mol. The summed E-state index contributed by atoms with van der Waals surface area (Å²) < 4.78 is 0. The Kier molecular flexibility index (Phi) is 5.15. The third-order valence-electron chi connectivity index (χ3n) is 4.44. The number of likely N-dealkylation sites (tertiary alicyclic amines) is 1. The van der Waals surface area contributed by atoms with Gasteiger partial charge < -0.3 is 15.7 Å². The summed E-state index contributed by atoms with van der Waals surface area (Å²) in [7, 11) is 0. The van der Waals surface area contributed by atoms with Gasteiger partial charge in [-0.2, -0.15) is 0 Å². The number of carboxylic acid groups (broad SMARTS) is 1. The first-order valence-corrected chi connectivity index (χ1v) is 7.32. The Morgan fingerprint density at radius 2 is 2.15 bits per heavy atom. The van der Waals surface area contributed by atoms with E-state index in [0.29, 0.717) is 24.9 Å². The number of hydrogen-bond acceptors (Lipinski definition) is 3. The Bertz CT molecular complexity index is 435. The Balaban J connectivity index is 2.04. The fourth-order valence-corrected chi connectivity index (χ4v) is 2.97. The van der Waals surface area contributed by atoms with Crippen molar-refractivity contribution in [1.29, 1.82) is 0 Å². The zero-order valence-corrected chi connectivity index (χ0v) is 12.0. The van der Waals surface area contributed by atoms with Crippen LogP contribution >= 0.6 is 0 Å². The molecular formula is C16H24N2O2. The van der Waals surface area contributed by atoms with E-state index >= 15 is 0 Å². The van der Waals surface area contributed by atoms with Crippen molar-refractivity contribution in [2.24, 2.45) is 17.6 Å². The summed E-state index contributed by atoms with van der Waals surface area (Å²) in [6.45, 7) is 5.37. The van der Waals surface area contributed by atoms with E-state index in [4.69, 9.17) is 5.73 Å². The summed E-state index contributed by atoms with van der Waals surface area (Å²) in [5, 5.41) is 9.48. The van der Waals surface area contributed by atoms with Crippen molar-refractivity contribution in [3.05, 3.63) is 35.9 Å². The van der Waals surface area contributed by atoms with Gasteiger partial charge in [-0.05, 0) is 36.9 Å². The molecule has 1 aliphatic heterocycles. The van der Waals surface area contributed by atoms with Gasteiger partial charge in [-0.1, -0.05) is 37.3 Å². The van der Waals surface area contributed by atoms with Gasteiger partial charge in [0.2, 0.25) is 0 Å². The van der Waals surface area contributed by atoms with Crippen LogP contribution in [0.3, 0.4) is 0 Å². The molecular weight excluding hydrogens is 252 g/mol. The van der Waals surface area contributed by atoms with E-state index in [-0.39, 0.29) is 0 Å². The topological polar surface area (TPSA) is 66.6 Å². The third kappa shape index (κ3) is 3.58. The normalized spacial score (nSPS) is 25.3. The number of carboxylic acids is 1. The maximum absolute atomic E-state index is 11.5. The number of hydrogen-bond donors (Lipinski definition) is 2. The van der Waals surface area contributed by atoms with Crippen LogP contribution in [0.1, 0.15) is 24.8 Å². The van der Waals surface area contributed by atoms with E-state index in [2.05, 4.69) is 11.8 Å². The van der Waals surface area contributed by atoms with Crippen molar-refractivity contribution in [2.45, 2.75) is 19.3 Å². The predicted octanol–water partition coefficient (Wildman–Crippen LogP) is 1.77. The molecule has 1 aliphatic rings. The van der Waals surface area contributed by atoms with E-state index in [0.717, 1.165) is 25.1 Å². The molecule has 0 aromatic heterocycles. The van der Waals surface area contributed by atoms with Crippen LogP contribution < -0.4 is 5.73 Å². The summed E-state index contributed by atoms with van der Waals surface area (Å²) in [4.78, 5) is 13.8. The number of aliphatic carboxylic acids is 1. The van der Waals surface area contributed by atoms with Crippen molar-refractivity contribution < 1.29 is 9.90 Å². The summed E-state index contributed by atoms with van der Waals surface area (Å²) >= 11 is 0. The first-order chi connectivity index (χ1) is 9.61. The summed E-state index contributed by atoms with van der Waals surface area (Å²) in [6, 6.07) is 9.49. The van der Waals surface area contributed by atoms with Gasteiger partial charge in [0, 0.05) is 13.1 Å². The highest BCUT2D eigenvalue weighted by Crippen LogP contribution is 2.25. The molecule has 3 N–H and O–H groups in total. The summed E-state index contributed by atoms with van der Waals surface area (Å²) in [6.07, 6.45) is 1.10. The molecule has 3 unspecified atom stereocenters. The minimum Gasteiger partial charge on any atom is -0.481 e. The molecule has 4 heteroatoms. The van der Waals surface area contributed by atoms with Gasteiger partial charge in [0.15, 0.2) is 0 Å². The molecule has 0 saturated carbocycles. The number of benzene rings is 1. The molecule has 1 heterocycles. The average Bonchev–Trinajstić information content (AvgIpc) is 2.47. The lowest BCUT2D eigenvalue weighted by atomic mass is 9.86. The van der Waals surface area contributed by atoms with Crippen LogP contribution in [-0.2, 0) is 4.79 Å². The fourth-order valence-electron chi connectivity index (χ4n) is 2.97. The molecule has 1 aromatic carbocycles. The van der Waals surface area contributed by atoms with Gasteiger partial charge in [-0.25, -0.2) is 0 Å². The lowest BCUT2D eigenvalue weighted by molar-refractivity contribution is -0.139. The largest absolute Gasteiger partial charge is 0.481 e. The molecule has 2 rings (SSSR count). The maximum atomic E-state index is 11.5. The summed E-state index contributed by atoms with van der Waals surface area (Å²) in [5.74, 6) is -0.0904. The van der Waals surface area contributed by atoms with E-state index in [1.54, 1.807) is 0 Å². The first-order valence-electron chi connectivity index (χ1n) is 7.32. The van der Waals surface area contributed by atoms with Gasteiger partial charge >= 0.3 is 5.97 Å². The second kappa shape index (κ2) is 6.86. The van der Waals surface area contributed by atoms with Crippen LogP contribution in [0.25, 0.3) is 0 Å². The van der Waals surface area contributed by atoms with Crippen LogP contribution in [0.15, 0.2) is 30.3 Å². The van der Waals surface area contributed by atoms with Crippen LogP contribution in [0.4, 0.5) is 0 Å². The van der Waals surface area contributed by atoms with E-state index in [1.165, 1.54) is 0 Å².